The predicted octanol–water partition coefficient (Wildman–Crippen LogP) is 4.29. The van der Waals surface area contributed by atoms with E-state index >= 15 is 0 Å². The molecular weight excluding hydrogens is 388 g/mol. The van der Waals surface area contributed by atoms with Gasteiger partial charge in [0.05, 0.1) is 12.5 Å². The van der Waals surface area contributed by atoms with Gasteiger partial charge in [-0.3, -0.25) is 4.79 Å². The number of aryl methyl sites for hydroxylation is 2. The third-order valence-corrected chi connectivity index (χ3v) is 6.53. The first-order chi connectivity index (χ1) is 14.9. The lowest BCUT2D eigenvalue weighted by atomic mass is 9.73. The second-order valence-electron chi connectivity index (χ2n) is 8.79. The highest BCUT2D eigenvalue weighted by atomic mass is 16.5. The molecule has 0 unspecified atom stereocenters. The number of hydrogen-bond donors (Lipinski definition) is 1. The highest BCUT2D eigenvalue weighted by Crippen LogP contribution is 2.36. The molecule has 0 bridgehead atoms. The molecule has 1 atom stereocenters. The Morgan fingerprint density at radius 1 is 1.23 bits per heavy atom. The summed E-state index contributed by atoms with van der Waals surface area (Å²) in [5.74, 6) is 0.948. The summed E-state index contributed by atoms with van der Waals surface area (Å²) < 4.78 is 13.2. The minimum Gasteiger partial charge on any atom is -0.497 e. The van der Waals surface area contributed by atoms with Crippen molar-refractivity contribution in [1.82, 2.24) is 9.88 Å². The van der Waals surface area contributed by atoms with Gasteiger partial charge in [0.2, 0.25) is 5.91 Å². The Balaban J connectivity index is 1.57. The Morgan fingerprint density at radius 2 is 2.00 bits per heavy atom. The Labute approximate surface area is 184 Å². The van der Waals surface area contributed by atoms with E-state index in [2.05, 4.69) is 67.3 Å². The number of ether oxygens (including phenoxy) is 2. The second kappa shape index (κ2) is 8.75. The molecule has 0 aliphatic carbocycles. The van der Waals surface area contributed by atoms with Gasteiger partial charge in [0.25, 0.3) is 0 Å². The highest BCUT2D eigenvalue weighted by Gasteiger charge is 2.42. The lowest BCUT2D eigenvalue weighted by molar-refractivity contribution is -0.131. The van der Waals surface area contributed by atoms with E-state index in [9.17, 15) is 4.79 Å². The molecule has 1 aliphatic heterocycles. The van der Waals surface area contributed by atoms with Crippen molar-refractivity contribution in [2.75, 3.05) is 20.3 Å². The van der Waals surface area contributed by atoms with Crippen LogP contribution >= 0.6 is 0 Å². The van der Waals surface area contributed by atoms with E-state index in [0.717, 1.165) is 23.3 Å². The molecule has 1 fully saturated rings. The molecule has 4 rings (SSSR count). The number of methoxy groups -OCH3 is 1. The number of amides is 1. The molecule has 5 nitrogen and oxygen atoms in total. The van der Waals surface area contributed by atoms with Crippen molar-refractivity contribution in [3.8, 4) is 5.75 Å². The molecule has 0 spiro atoms. The zero-order chi connectivity index (χ0) is 22.0. The van der Waals surface area contributed by atoms with Crippen LogP contribution in [0.2, 0.25) is 0 Å². The summed E-state index contributed by atoms with van der Waals surface area (Å²) in [6.07, 6.45) is 4.33. The lowest BCUT2D eigenvalue weighted by Crippen LogP contribution is -2.50. The molecule has 0 radical (unpaired) electrons. The van der Waals surface area contributed by atoms with Gasteiger partial charge >= 0.3 is 0 Å². The second-order valence-corrected chi connectivity index (χ2v) is 8.79. The normalized spacial score (nSPS) is 16.8. The van der Waals surface area contributed by atoms with Gasteiger partial charge in [0, 0.05) is 43.4 Å². The molecule has 164 valence electrons. The van der Waals surface area contributed by atoms with Gasteiger partial charge in [-0.2, -0.15) is 0 Å². The van der Waals surface area contributed by atoms with Crippen molar-refractivity contribution in [2.24, 2.45) is 7.05 Å². The average molecular weight is 421 g/mol. The number of fused-ring (bicyclic) bond motifs is 1. The van der Waals surface area contributed by atoms with E-state index in [1.807, 2.05) is 12.1 Å². The minimum atomic E-state index is -0.527. The molecule has 2 aromatic carbocycles. The SMILES string of the molecule is COc1ccc2c(c1)c(C[C@@H](C)NC(=O)C1(c3cccc(C)c3)CCOCC1)cn2C. The van der Waals surface area contributed by atoms with Crippen molar-refractivity contribution in [3.05, 3.63) is 65.4 Å². The first kappa shape index (κ1) is 21.4. The molecule has 1 saturated heterocycles. The Hall–Kier alpha value is -2.79. The van der Waals surface area contributed by atoms with Gasteiger partial charge in [-0.1, -0.05) is 29.8 Å². The zero-order valence-corrected chi connectivity index (χ0v) is 18.9. The number of carbonyl (C=O) groups excluding carboxylic acids is 1. The number of benzene rings is 2. The molecule has 5 heteroatoms. The summed E-state index contributed by atoms with van der Waals surface area (Å²) in [6.45, 7) is 5.38. The molecule has 31 heavy (non-hydrogen) atoms. The maximum atomic E-state index is 13.6. The van der Waals surface area contributed by atoms with Gasteiger partial charge in [0.15, 0.2) is 0 Å². The number of rotatable bonds is 6. The maximum Gasteiger partial charge on any atom is 0.231 e. The quantitative estimate of drug-likeness (QED) is 0.647. The average Bonchev–Trinajstić information content (AvgIpc) is 3.08. The number of hydrogen-bond acceptors (Lipinski definition) is 3. The van der Waals surface area contributed by atoms with Gasteiger partial charge < -0.3 is 19.4 Å². The summed E-state index contributed by atoms with van der Waals surface area (Å²) in [7, 11) is 3.74. The third kappa shape index (κ3) is 4.19. The zero-order valence-electron chi connectivity index (χ0n) is 18.9. The Kier molecular flexibility index (Phi) is 6.05. The van der Waals surface area contributed by atoms with Crippen LogP contribution in [0, 0.1) is 6.92 Å². The monoisotopic (exact) mass is 420 g/mol. The maximum absolute atomic E-state index is 13.6. The molecule has 1 N–H and O–H groups in total. The van der Waals surface area contributed by atoms with Crippen LogP contribution in [0.4, 0.5) is 0 Å². The van der Waals surface area contributed by atoms with E-state index in [0.29, 0.717) is 26.1 Å². The third-order valence-electron chi connectivity index (χ3n) is 6.53. The summed E-state index contributed by atoms with van der Waals surface area (Å²) in [5, 5.41) is 4.49. The van der Waals surface area contributed by atoms with Crippen LogP contribution in [0.25, 0.3) is 10.9 Å². The highest BCUT2D eigenvalue weighted by molar-refractivity contribution is 5.89. The minimum absolute atomic E-state index is 0.00818. The fourth-order valence-corrected chi connectivity index (χ4v) is 4.79. The van der Waals surface area contributed by atoms with Crippen LogP contribution in [-0.2, 0) is 28.4 Å². The Bertz CT molecular complexity index is 1080. The fraction of sp³-hybridized carbons (Fsp3) is 0.423. The van der Waals surface area contributed by atoms with Crippen LogP contribution < -0.4 is 10.1 Å². The molecular formula is C26H32N2O3. The first-order valence-corrected chi connectivity index (χ1v) is 11.0. The summed E-state index contributed by atoms with van der Waals surface area (Å²) >= 11 is 0. The van der Waals surface area contributed by atoms with Crippen molar-refractivity contribution in [1.29, 1.82) is 0 Å². The Morgan fingerprint density at radius 3 is 2.71 bits per heavy atom. The summed E-state index contributed by atoms with van der Waals surface area (Å²) in [6, 6.07) is 14.5. The fourth-order valence-electron chi connectivity index (χ4n) is 4.79. The smallest absolute Gasteiger partial charge is 0.231 e. The van der Waals surface area contributed by atoms with Crippen LogP contribution in [0.15, 0.2) is 48.7 Å². The molecule has 0 saturated carbocycles. The predicted molar refractivity (Wildman–Crippen MR) is 124 cm³/mol. The van der Waals surface area contributed by atoms with Crippen molar-refractivity contribution in [3.63, 3.8) is 0 Å². The number of nitrogens with one attached hydrogen (secondary N) is 1. The number of aromatic nitrogens is 1. The lowest BCUT2D eigenvalue weighted by Gasteiger charge is -2.37. The molecule has 1 aromatic heterocycles. The van der Waals surface area contributed by atoms with Gasteiger partial charge in [-0.15, -0.1) is 0 Å². The van der Waals surface area contributed by atoms with E-state index in [1.165, 1.54) is 16.5 Å². The van der Waals surface area contributed by atoms with E-state index in [-0.39, 0.29) is 11.9 Å². The van der Waals surface area contributed by atoms with Crippen molar-refractivity contribution in [2.45, 2.75) is 44.6 Å². The van der Waals surface area contributed by atoms with Crippen LogP contribution in [0.1, 0.15) is 36.5 Å². The van der Waals surface area contributed by atoms with Gasteiger partial charge in [-0.05, 0) is 62.4 Å². The van der Waals surface area contributed by atoms with Crippen LogP contribution in [0.3, 0.4) is 0 Å². The molecule has 1 amide bonds. The number of nitrogens with zero attached hydrogens (tertiary/aromatic N) is 1. The van der Waals surface area contributed by atoms with E-state index in [4.69, 9.17) is 9.47 Å². The standard InChI is InChI=1S/C26H32N2O3/c1-18-6-5-7-21(14-18)26(10-12-31-13-11-26)25(29)27-19(2)15-20-17-28(3)24-9-8-22(30-4)16-23(20)24/h5-9,14,16-17,19H,10-13,15H2,1-4H3,(H,27,29)/t19-/m1/s1. The largest absolute Gasteiger partial charge is 0.497 e. The van der Waals surface area contributed by atoms with Crippen LogP contribution in [-0.4, -0.2) is 36.8 Å². The van der Waals surface area contributed by atoms with Crippen molar-refractivity contribution >= 4 is 16.8 Å². The summed E-state index contributed by atoms with van der Waals surface area (Å²) in [5.41, 5.74) is 4.11. The van der Waals surface area contributed by atoms with Crippen molar-refractivity contribution < 1.29 is 14.3 Å². The van der Waals surface area contributed by atoms with E-state index in [1.54, 1.807) is 7.11 Å². The van der Waals surface area contributed by atoms with Gasteiger partial charge in [-0.25, -0.2) is 0 Å². The van der Waals surface area contributed by atoms with Crippen LogP contribution in [0.5, 0.6) is 5.75 Å². The molecule has 2 heterocycles. The van der Waals surface area contributed by atoms with Gasteiger partial charge in [0.1, 0.15) is 5.75 Å². The topological polar surface area (TPSA) is 52.5 Å². The molecule has 3 aromatic rings. The first-order valence-electron chi connectivity index (χ1n) is 11.0. The summed E-state index contributed by atoms with van der Waals surface area (Å²) in [4.78, 5) is 13.6. The van der Waals surface area contributed by atoms with E-state index < -0.39 is 5.41 Å². The molecule has 1 aliphatic rings. The number of carbonyl (C=O) groups is 1.